The summed E-state index contributed by atoms with van der Waals surface area (Å²) in [5, 5.41) is 18.8. The Morgan fingerprint density at radius 2 is 1.75 bits per heavy atom. The highest BCUT2D eigenvalue weighted by atomic mass is 16.5. The number of amides is 2. The van der Waals surface area contributed by atoms with Crippen molar-refractivity contribution in [2.75, 3.05) is 12.0 Å². The van der Waals surface area contributed by atoms with Gasteiger partial charge in [-0.15, -0.1) is 0 Å². The third kappa shape index (κ3) is 2.81. The first-order valence-corrected chi connectivity index (χ1v) is 7.23. The first-order chi connectivity index (χ1) is 11.5. The topological polar surface area (TPSA) is 87.1 Å². The standard InChI is InChI=1S/C18H15NO5/c1-24-14-5-3-13(4-6-14)19-17(22)10-12(18(19)23)8-11-2-7-15(20)16(21)9-11/h2-9,20-21H,10H2,1H3/b12-8+. The molecule has 0 radical (unpaired) electrons. The maximum atomic E-state index is 12.5. The second kappa shape index (κ2) is 6.08. The van der Waals surface area contributed by atoms with Crippen LogP contribution in [0.1, 0.15) is 12.0 Å². The average Bonchev–Trinajstić information content (AvgIpc) is 2.85. The van der Waals surface area contributed by atoms with E-state index in [9.17, 15) is 19.8 Å². The van der Waals surface area contributed by atoms with Crippen LogP contribution in [0.4, 0.5) is 5.69 Å². The molecule has 0 bridgehead atoms. The van der Waals surface area contributed by atoms with Crippen molar-refractivity contribution in [2.24, 2.45) is 0 Å². The molecule has 0 atom stereocenters. The Bertz CT molecular complexity index is 839. The third-order valence-corrected chi connectivity index (χ3v) is 3.74. The van der Waals surface area contributed by atoms with Crippen LogP contribution in [0.3, 0.4) is 0 Å². The summed E-state index contributed by atoms with van der Waals surface area (Å²) in [6, 6.07) is 10.8. The fourth-order valence-electron chi connectivity index (χ4n) is 2.51. The molecule has 122 valence electrons. The predicted octanol–water partition coefficient (Wildman–Crippen LogP) is 2.45. The fourth-order valence-corrected chi connectivity index (χ4v) is 2.51. The van der Waals surface area contributed by atoms with Gasteiger partial charge in [0.05, 0.1) is 19.2 Å². The van der Waals surface area contributed by atoms with Crippen molar-refractivity contribution >= 4 is 23.6 Å². The second-order valence-electron chi connectivity index (χ2n) is 5.33. The second-order valence-corrected chi connectivity index (χ2v) is 5.33. The highest BCUT2D eigenvalue weighted by Gasteiger charge is 2.34. The summed E-state index contributed by atoms with van der Waals surface area (Å²) < 4.78 is 5.06. The van der Waals surface area contributed by atoms with Crippen LogP contribution in [0.5, 0.6) is 17.2 Å². The van der Waals surface area contributed by atoms with Gasteiger partial charge in [-0.25, -0.2) is 4.90 Å². The molecule has 1 aliphatic heterocycles. The molecule has 3 rings (SSSR count). The van der Waals surface area contributed by atoms with Crippen molar-refractivity contribution in [1.82, 2.24) is 0 Å². The van der Waals surface area contributed by atoms with Gasteiger partial charge in [0.2, 0.25) is 5.91 Å². The van der Waals surface area contributed by atoms with Gasteiger partial charge in [0.25, 0.3) is 5.91 Å². The van der Waals surface area contributed by atoms with E-state index in [0.717, 1.165) is 4.90 Å². The molecule has 2 aromatic rings. The first kappa shape index (κ1) is 15.6. The quantitative estimate of drug-likeness (QED) is 0.514. The molecule has 1 saturated heterocycles. The Morgan fingerprint density at radius 1 is 1.04 bits per heavy atom. The molecule has 2 aromatic carbocycles. The van der Waals surface area contributed by atoms with E-state index in [2.05, 4.69) is 0 Å². The molecule has 0 aromatic heterocycles. The van der Waals surface area contributed by atoms with Crippen LogP contribution in [0.15, 0.2) is 48.0 Å². The van der Waals surface area contributed by atoms with E-state index < -0.39 is 5.91 Å². The van der Waals surface area contributed by atoms with Crippen molar-refractivity contribution < 1.29 is 24.5 Å². The highest BCUT2D eigenvalue weighted by Crippen LogP contribution is 2.30. The number of ether oxygens (including phenoxy) is 1. The van der Waals surface area contributed by atoms with E-state index >= 15 is 0 Å². The molecule has 0 unspecified atom stereocenters. The van der Waals surface area contributed by atoms with Crippen LogP contribution in [0.2, 0.25) is 0 Å². The minimum absolute atomic E-state index is 0.0213. The number of benzene rings is 2. The van der Waals surface area contributed by atoms with Crippen LogP contribution in [0.25, 0.3) is 6.08 Å². The van der Waals surface area contributed by atoms with Crippen LogP contribution in [-0.2, 0) is 9.59 Å². The van der Waals surface area contributed by atoms with Crippen molar-refractivity contribution in [3.63, 3.8) is 0 Å². The third-order valence-electron chi connectivity index (χ3n) is 3.74. The maximum absolute atomic E-state index is 12.5. The fraction of sp³-hybridized carbons (Fsp3) is 0.111. The lowest BCUT2D eigenvalue weighted by molar-refractivity contribution is -0.120. The number of rotatable bonds is 3. The van der Waals surface area contributed by atoms with Crippen LogP contribution in [0, 0.1) is 0 Å². The molecule has 1 heterocycles. The lowest BCUT2D eigenvalue weighted by atomic mass is 10.1. The number of methoxy groups -OCH3 is 1. The van der Waals surface area contributed by atoms with Crippen molar-refractivity contribution in [1.29, 1.82) is 0 Å². The lowest BCUT2D eigenvalue weighted by Gasteiger charge is -2.13. The highest BCUT2D eigenvalue weighted by molar-refractivity contribution is 6.29. The molecular weight excluding hydrogens is 310 g/mol. The number of anilines is 1. The number of hydrogen-bond donors (Lipinski definition) is 2. The number of imide groups is 1. The van der Waals surface area contributed by atoms with Crippen molar-refractivity contribution in [3.05, 3.63) is 53.6 Å². The average molecular weight is 325 g/mol. The molecule has 1 aliphatic rings. The van der Waals surface area contributed by atoms with Gasteiger partial charge in [-0.3, -0.25) is 9.59 Å². The Kier molecular flexibility index (Phi) is 3.95. The zero-order chi connectivity index (χ0) is 17.3. The summed E-state index contributed by atoms with van der Waals surface area (Å²) in [5.41, 5.74) is 1.32. The van der Waals surface area contributed by atoms with Crippen molar-refractivity contribution in [3.8, 4) is 17.2 Å². The van der Waals surface area contributed by atoms with E-state index in [1.807, 2.05) is 0 Å². The minimum Gasteiger partial charge on any atom is -0.504 e. The van der Waals surface area contributed by atoms with Crippen molar-refractivity contribution in [2.45, 2.75) is 6.42 Å². The Labute approximate surface area is 138 Å². The van der Waals surface area contributed by atoms with Crippen LogP contribution < -0.4 is 9.64 Å². The zero-order valence-corrected chi connectivity index (χ0v) is 12.9. The molecular formula is C18H15NO5. The summed E-state index contributed by atoms with van der Waals surface area (Å²) in [4.78, 5) is 25.8. The Balaban J connectivity index is 1.90. The Hall–Kier alpha value is -3.28. The molecule has 2 N–H and O–H groups in total. The van der Waals surface area contributed by atoms with Gasteiger partial charge in [0, 0.05) is 5.57 Å². The van der Waals surface area contributed by atoms with Gasteiger partial charge < -0.3 is 14.9 Å². The summed E-state index contributed by atoms with van der Waals surface area (Å²) in [6.45, 7) is 0. The normalized spacial score (nSPS) is 16.0. The van der Waals surface area contributed by atoms with E-state index in [-0.39, 0.29) is 23.8 Å². The number of phenolic OH excluding ortho intramolecular Hbond substituents is 2. The molecule has 0 saturated carbocycles. The Morgan fingerprint density at radius 3 is 2.38 bits per heavy atom. The van der Waals surface area contributed by atoms with Crippen LogP contribution in [-0.4, -0.2) is 29.1 Å². The van der Waals surface area contributed by atoms with Gasteiger partial charge in [-0.1, -0.05) is 6.07 Å². The van der Waals surface area contributed by atoms with Gasteiger partial charge in [0.15, 0.2) is 11.5 Å². The van der Waals surface area contributed by atoms with E-state index in [1.165, 1.54) is 25.3 Å². The number of phenols is 2. The predicted molar refractivity (Wildman–Crippen MR) is 87.9 cm³/mol. The molecule has 0 spiro atoms. The molecule has 6 heteroatoms. The smallest absolute Gasteiger partial charge is 0.261 e. The number of hydrogen-bond acceptors (Lipinski definition) is 5. The molecule has 24 heavy (non-hydrogen) atoms. The van der Waals surface area contributed by atoms with Gasteiger partial charge in [-0.2, -0.15) is 0 Å². The van der Waals surface area contributed by atoms with Gasteiger partial charge in [0.1, 0.15) is 5.75 Å². The van der Waals surface area contributed by atoms with Gasteiger partial charge in [-0.05, 0) is 48.0 Å². The van der Waals surface area contributed by atoms with E-state index in [4.69, 9.17) is 4.74 Å². The van der Waals surface area contributed by atoms with Crippen LogP contribution >= 0.6 is 0 Å². The summed E-state index contributed by atoms with van der Waals surface area (Å²) in [5.74, 6) is -0.621. The van der Waals surface area contributed by atoms with E-state index in [1.54, 1.807) is 30.3 Å². The monoisotopic (exact) mass is 325 g/mol. The molecule has 6 nitrogen and oxygen atoms in total. The minimum atomic E-state index is -0.405. The summed E-state index contributed by atoms with van der Waals surface area (Å²) >= 11 is 0. The molecule has 0 aliphatic carbocycles. The zero-order valence-electron chi connectivity index (χ0n) is 12.9. The SMILES string of the molecule is COc1ccc(N2C(=O)C/C(=C\c3ccc(O)c(O)c3)C2=O)cc1. The number of carbonyl (C=O) groups excluding carboxylic acids is 2. The number of carbonyl (C=O) groups is 2. The lowest BCUT2D eigenvalue weighted by Crippen LogP contribution is -2.28. The molecule has 2 amide bonds. The molecule has 1 fully saturated rings. The maximum Gasteiger partial charge on any atom is 0.261 e. The summed E-state index contributed by atoms with van der Waals surface area (Å²) in [6.07, 6.45) is 1.51. The largest absolute Gasteiger partial charge is 0.504 e. The van der Waals surface area contributed by atoms with E-state index in [0.29, 0.717) is 22.6 Å². The summed E-state index contributed by atoms with van der Waals surface area (Å²) in [7, 11) is 1.54. The first-order valence-electron chi connectivity index (χ1n) is 7.23. The van der Waals surface area contributed by atoms with Gasteiger partial charge >= 0.3 is 0 Å². The number of aromatic hydroxyl groups is 2. The number of nitrogens with zero attached hydrogens (tertiary/aromatic N) is 1.